The lowest BCUT2D eigenvalue weighted by atomic mass is 10.1. The number of fused-ring (bicyclic) bond motifs is 1. The van der Waals surface area contributed by atoms with Crippen molar-refractivity contribution in [2.24, 2.45) is 0 Å². The Bertz CT molecular complexity index is 703. The van der Waals surface area contributed by atoms with Crippen LogP contribution in [0.15, 0.2) is 45.9 Å². The van der Waals surface area contributed by atoms with E-state index >= 15 is 0 Å². The van der Waals surface area contributed by atoms with E-state index in [0.29, 0.717) is 18.5 Å². The number of sulfone groups is 1. The highest BCUT2D eigenvalue weighted by Gasteiger charge is 2.31. The fourth-order valence-corrected chi connectivity index (χ4v) is 3.90. The molecule has 2 aromatic rings. The van der Waals surface area contributed by atoms with Gasteiger partial charge in [-0.05, 0) is 29.3 Å². The van der Waals surface area contributed by atoms with Crippen molar-refractivity contribution in [2.45, 2.75) is 29.8 Å². The lowest BCUT2D eigenvalue weighted by Gasteiger charge is -2.23. The summed E-state index contributed by atoms with van der Waals surface area (Å²) in [5.74, 6) is 0.798. The Morgan fingerprint density at radius 3 is 2.70 bits per heavy atom. The third-order valence-corrected chi connectivity index (χ3v) is 5.55. The Morgan fingerprint density at radius 2 is 2.00 bits per heavy atom. The zero-order valence-corrected chi connectivity index (χ0v) is 11.6. The second kappa shape index (κ2) is 5.05. The van der Waals surface area contributed by atoms with Crippen LogP contribution in [0.5, 0.6) is 0 Å². The standard InChI is InChI=1S/C14H15NO4S/c16-9-10-1-3-12(4-2-10)20(17,18)14-7-11-5-6-19-13(11)8-15-14/h1-6,14-16H,7-9H2. The molecule has 1 aromatic heterocycles. The summed E-state index contributed by atoms with van der Waals surface area (Å²) < 4.78 is 30.4. The van der Waals surface area contributed by atoms with Gasteiger partial charge in [0.05, 0.1) is 24.3 Å². The zero-order chi connectivity index (χ0) is 14.2. The van der Waals surface area contributed by atoms with Gasteiger partial charge in [0.2, 0.25) is 0 Å². The summed E-state index contributed by atoms with van der Waals surface area (Å²) in [6, 6.07) is 8.13. The Hall–Kier alpha value is -1.63. The molecule has 106 valence electrons. The average Bonchev–Trinajstić information content (AvgIpc) is 2.94. The summed E-state index contributed by atoms with van der Waals surface area (Å²) in [6.45, 7) is 0.321. The van der Waals surface area contributed by atoms with E-state index in [1.807, 2.05) is 6.07 Å². The molecule has 0 spiro atoms. The van der Waals surface area contributed by atoms with E-state index in [0.717, 1.165) is 11.3 Å². The van der Waals surface area contributed by atoms with Crippen molar-refractivity contribution in [2.75, 3.05) is 0 Å². The summed E-state index contributed by atoms with van der Waals surface area (Å²) in [6.07, 6.45) is 1.98. The van der Waals surface area contributed by atoms with E-state index in [9.17, 15) is 8.42 Å². The van der Waals surface area contributed by atoms with Crippen LogP contribution in [0.3, 0.4) is 0 Å². The molecule has 3 rings (SSSR count). The van der Waals surface area contributed by atoms with Gasteiger partial charge in [-0.3, -0.25) is 5.32 Å². The lowest BCUT2D eigenvalue weighted by Crippen LogP contribution is -2.41. The molecule has 5 nitrogen and oxygen atoms in total. The van der Waals surface area contributed by atoms with Crippen LogP contribution in [-0.2, 0) is 29.4 Å². The lowest BCUT2D eigenvalue weighted by molar-refractivity contribution is 0.282. The fraction of sp³-hybridized carbons (Fsp3) is 0.286. The van der Waals surface area contributed by atoms with E-state index in [4.69, 9.17) is 9.52 Å². The van der Waals surface area contributed by atoms with Gasteiger partial charge in [-0.2, -0.15) is 0 Å². The minimum absolute atomic E-state index is 0.0968. The maximum absolute atomic E-state index is 12.6. The molecule has 1 atom stereocenters. The molecular formula is C14H15NO4S. The van der Waals surface area contributed by atoms with Crippen molar-refractivity contribution in [1.82, 2.24) is 5.32 Å². The second-order valence-corrected chi connectivity index (χ2v) is 6.92. The largest absolute Gasteiger partial charge is 0.468 e. The van der Waals surface area contributed by atoms with Crippen LogP contribution in [-0.4, -0.2) is 18.9 Å². The molecule has 0 fully saturated rings. The first-order valence-electron chi connectivity index (χ1n) is 6.33. The summed E-state index contributed by atoms with van der Waals surface area (Å²) >= 11 is 0. The van der Waals surface area contributed by atoms with Crippen molar-refractivity contribution in [3.63, 3.8) is 0 Å². The predicted molar refractivity (Wildman–Crippen MR) is 72.6 cm³/mol. The molecule has 1 aromatic carbocycles. The van der Waals surface area contributed by atoms with Crippen LogP contribution < -0.4 is 5.32 Å². The van der Waals surface area contributed by atoms with Crippen LogP contribution in [0, 0.1) is 0 Å². The van der Waals surface area contributed by atoms with Gasteiger partial charge in [-0.15, -0.1) is 0 Å². The third-order valence-electron chi connectivity index (χ3n) is 3.54. The molecule has 0 saturated carbocycles. The van der Waals surface area contributed by atoms with E-state index in [1.165, 1.54) is 12.1 Å². The first kappa shape index (κ1) is 13.4. The molecule has 2 N–H and O–H groups in total. The number of nitrogens with one attached hydrogen (secondary N) is 1. The minimum Gasteiger partial charge on any atom is -0.468 e. The highest BCUT2D eigenvalue weighted by Crippen LogP contribution is 2.24. The van der Waals surface area contributed by atoms with Gasteiger partial charge in [0, 0.05) is 6.42 Å². The Morgan fingerprint density at radius 1 is 1.25 bits per heavy atom. The number of hydrogen-bond acceptors (Lipinski definition) is 5. The highest BCUT2D eigenvalue weighted by molar-refractivity contribution is 7.92. The summed E-state index contributed by atoms with van der Waals surface area (Å²) in [7, 11) is -3.44. The van der Waals surface area contributed by atoms with E-state index < -0.39 is 15.2 Å². The molecule has 0 saturated heterocycles. The van der Waals surface area contributed by atoms with Crippen LogP contribution >= 0.6 is 0 Å². The fourth-order valence-electron chi connectivity index (χ4n) is 2.35. The Balaban J connectivity index is 1.88. The van der Waals surface area contributed by atoms with Gasteiger partial charge in [-0.25, -0.2) is 8.42 Å². The molecule has 1 aliphatic rings. The predicted octanol–water partition coefficient (Wildman–Crippen LogP) is 1.22. The van der Waals surface area contributed by atoms with Crippen molar-refractivity contribution >= 4 is 9.84 Å². The molecule has 1 aliphatic heterocycles. The van der Waals surface area contributed by atoms with Gasteiger partial charge < -0.3 is 9.52 Å². The van der Waals surface area contributed by atoms with Gasteiger partial charge in [-0.1, -0.05) is 12.1 Å². The maximum Gasteiger partial charge on any atom is 0.194 e. The van der Waals surface area contributed by atoms with Gasteiger partial charge in [0.25, 0.3) is 0 Å². The zero-order valence-electron chi connectivity index (χ0n) is 10.7. The van der Waals surface area contributed by atoms with Gasteiger partial charge in [0.1, 0.15) is 11.1 Å². The van der Waals surface area contributed by atoms with Crippen molar-refractivity contribution in [3.8, 4) is 0 Å². The Labute approximate surface area is 117 Å². The molecule has 0 aliphatic carbocycles. The second-order valence-electron chi connectivity index (χ2n) is 4.79. The van der Waals surface area contributed by atoms with Crippen LogP contribution in [0.1, 0.15) is 16.9 Å². The normalized spacial score (nSPS) is 18.8. The molecule has 0 amide bonds. The maximum atomic E-state index is 12.6. The quantitative estimate of drug-likeness (QED) is 0.889. The van der Waals surface area contributed by atoms with Crippen molar-refractivity contribution in [1.29, 1.82) is 0 Å². The number of benzene rings is 1. The van der Waals surface area contributed by atoms with Crippen LogP contribution in [0.25, 0.3) is 0 Å². The van der Waals surface area contributed by atoms with Crippen molar-refractivity contribution in [3.05, 3.63) is 53.5 Å². The first-order valence-corrected chi connectivity index (χ1v) is 7.88. The number of rotatable bonds is 3. The van der Waals surface area contributed by atoms with E-state index in [1.54, 1.807) is 18.4 Å². The Kier molecular flexibility index (Phi) is 3.37. The molecular weight excluding hydrogens is 278 g/mol. The molecule has 2 heterocycles. The molecule has 0 bridgehead atoms. The van der Waals surface area contributed by atoms with Gasteiger partial charge >= 0.3 is 0 Å². The molecule has 1 unspecified atom stereocenters. The number of furan rings is 1. The van der Waals surface area contributed by atoms with Crippen LogP contribution in [0.4, 0.5) is 0 Å². The van der Waals surface area contributed by atoms with Crippen molar-refractivity contribution < 1.29 is 17.9 Å². The number of hydrogen-bond donors (Lipinski definition) is 2. The summed E-state index contributed by atoms with van der Waals surface area (Å²) in [5, 5.41) is 11.3. The third kappa shape index (κ3) is 2.26. The molecule has 0 radical (unpaired) electrons. The smallest absolute Gasteiger partial charge is 0.194 e. The van der Waals surface area contributed by atoms with Crippen LogP contribution in [0.2, 0.25) is 0 Å². The topological polar surface area (TPSA) is 79.5 Å². The number of aliphatic hydroxyl groups is 1. The summed E-state index contributed by atoms with van der Waals surface area (Å²) in [4.78, 5) is 0.263. The van der Waals surface area contributed by atoms with E-state index in [-0.39, 0.29) is 11.5 Å². The number of aliphatic hydroxyl groups excluding tert-OH is 1. The monoisotopic (exact) mass is 293 g/mol. The first-order chi connectivity index (χ1) is 9.61. The summed E-state index contributed by atoms with van der Waals surface area (Å²) in [5.41, 5.74) is 1.63. The van der Waals surface area contributed by atoms with E-state index in [2.05, 4.69) is 5.32 Å². The SMILES string of the molecule is O=S(=O)(c1ccc(CO)cc1)C1Cc2ccoc2CN1. The average molecular weight is 293 g/mol. The van der Waals surface area contributed by atoms with Gasteiger partial charge in [0.15, 0.2) is 9.84 Å². The molecule has 20 heavy (non-hydrogen) atoms. The molecule has 6 heteroatoms. The minimum atomic E-state index is -3.44. The highest BCUT2D eigenvalue weighted by atomic mass is 32.2.